The van der Waals surface area contributed by atoms with E-state index in [1.165, 1.54) is 10.9 Å². The maximum Gasteiger partial charge on any atom is 0.122 e. The predicted molar refractivity (Wildman–Crippen MR) is 75.9 cm³/mol. The van der Waals surface area contributed by atoms with Gasteiger partial charge in [-0.05, 0) is 30.5 Å². The monoisotopic (exact) mass is 266 g/mol. The number of methoxy groups -OCH3 is 1. The van der Waals surface area contributed by atoms with Crippen molar-refractivity contribution in [2.75, 3.05) is 7.11 Å². The highest BCUT2D eigenvalue weighted by Gasteiger charge is 2.11. The summed E-state index contributed by atoms with van der Waals surface area (Å²) in [6, 6.07) is 6.14. The van der Waals surface area contributed by atoms with Crippen molar-refractivity contribution in [3.05, 3.63) is 35.0 Å². The second-order valence-corrected chi connectivity index (χ2v) is 5.01. The van der Waals surface area contributed by atoms with Crippen LogP contribution in [0.3, 0.4) is 0 Å². The number of hydrogen-bond acceptors (Lipinski definition) is 2. The van der Waals surface area contributed by atoms with Gasteiger partial charge in [0.15, 0.2) is 0 Å². The zero-order chi connectivity index (χ0) is 13.1. The van der Waals surface area contributed by atoms with E-state index in [1.807, 2.05) is 12.1 Å². The molecule has 1 unspecified atom stereocenters. The van der Waals surface area contributed by atoms with E-state index in [0.29, 0.717) is 6.73 Å². The van der Waals surface area contributed by atoms with E-state index in [4.69, 9.17) is 22.1 Å². The first-order valence-corrected chi connectivity index (χ1v) is 6.55. The van der Waals surface area contributed by atoms with Crippen molar-refractivity contribution in [3.8, 4) is 0 Å². The summed E-state index contributed by atoms with van der Waals surface area (Å²) in [4.78, 5) is 0. The van der Waals surface area contributed by atoms with Crippen molar-refractivity contribution in [3.63, 3.8) is 0 Å². The molecule has 2 N–H and O–H groups in total. The quantitative estimate of drug-likeness (QED) is 0.903. The molecule has 1 atom stereocenters. The fourth-order valence-electron chi connectivity index (χ4n) is 2.18. The Labute approximate surface area is 112 Å². The van der Waals surface area contributed by atoms with Crippen LogP contribution in [-0.2, 0) is 17.9 Å². The number of ether oxygens (including phenoxy) is 1. The Morgan fingerprint density at radius 3 is 2.89 bits per heavy atom. The standard InChI is InChI=1S/C14H19ClN2O/c1-3-12(16)6-10-8-17(9-18-2)14-7-11(15)4-5-13(10)14/h4-5,7-8,12H,3,6,9,16H2,1-2H3. The van der Waals surface area contributed by atoms with Crippen molar-refractivity contribution in [2.24, 2.45) is 5.73 Å². The average molecular weight is 267 g/mol. The summed E-state index contributed by atoms with van der Waals surface area (Å²) in [5.74, 6) is 0. The molecule has 0 aliphatic heterocycles. The molecule has 18 heavy (non-hydrogen) atoms. The zero-order valence-corrected chi connectivity index (χ0v) is 11.6. The molecule has 0 amide bonds. The Morgan fingerprint density at radius 2 is 2.22 bits per heavy atom. The molecule has 1 aromatic heterocycles. The molecular weight excluding hydrogens is 248 g/mol. The summed E-state index contributed by atoms with van der Waals surface area (Å²) in [5, 5.41) is 1.95. The minimum absolute atomic E-state index is 0.197. The van der Waals surface area contributed by atoms with Gasteiger partial charge in [-0.1, -0.05) is 24.6 Å². The summed E-state index contributed by atoms with van der Waals surface area (Å²) in [5.41, 5.74) is 8.40. The lowest BCUT2D eigenvalue weighted by Gasteiger charge is -2.06. The molecule has 0 bridgehead atoms. The normalized spacial score (nSPS) is 13.1. The van der Waals surface area contributed by atoms with E-state index in [-0.39, 0.29) is 6.04 Å². The van der Waals surface area contributed by atoms with E-state index in [9.17, 15) is 0 Å². The smallest absolute Gasteiger partial charge is 0.122 e. The Kier molecular flexibility index (Phi) is 4.27. The zero-order valence-electron chi connectivity index (χ0n) is 10.8. The molecule has 2 rings (SSSR count). The second-order valence-electron chi connectivity index (χ2n) is 4.58. The van der Waals surface area contributed by atoms with E-state index < -0.39 is 0 Å². The number of nitrogens with two attached hydrogens (primary N) is 1. The summed E-state index contributed by atoms with van der Waals surface area (Å²) in [6.07, 6.45) is 3.97. The summed E-state index contributed by atoms with van der Waals surface area (Å²) in [7, 11) is 1.69. The molecular formula is C14H19ClN2O. The van der Waals surface area contributed by atoms with Gasteiger partial charge in [-0.2, -0.15) is 0 Å². The minimum atomic E-state index is 0.197. The first kappa shape index (κ1) is 13.4. The number of rotatable bonds is 5. The Bertz CT molecular complexity index is 536. The lowest BCUT2D eigenvalue weighted by atomic mass is 10.0. The van der Waals surface area contributed by atoms with E-state index in [2.05, 4.69) is 23.8 Å². The van der Waals surface area contributed by atoms with Crippen LogP contribution in [0.15, 0.2) is 24.4 Å². The maximum absolute atomic E-state index is 6.05. The summed E-state index contributed by atoms with van der Waals surface area (Å²) >= 11 is 6.05. The van der Waals surface area contributed by atoms with Crippen LogP contribution in [0.4, 0.5) is 0 Å². The van der Waals surface area contributed by atoms with Crippen molar-refractivity contribution in [1.82, 2.24) is 4.57 Å². The van der Waals surface area contributed by atoms with Crippen LogP contribution in [0.25, 0.3) is 10.9 Å². The third kappa shape index (κ3) is 2.69. The van der Waals surface area contributed by atoms with Crippen molar-refractivity contribution < 1.29 is 4.74 Å². The van der Waals surface area contributed by atoms with Gasteiger partial charge in [-0.25, -0.2) is 0 Å². The SMILES string of the molecule is CCC(N)Cc1cn(COC)c2cc(Cl)ccc12. The van der Waals surface area contributed by atoms with E-state index in [1.54, 1.807) is 7.11 Å². The number of halogens is 1. The number of benzene rings is 1. The van der Waals surface area contributed by atoms with Gasteiger partial charge >= 0.3 is 0 Å². The second kappa shape index (κ2) is 5.74. The van der Waals surface area contributed by atoms with Gasteiger partial charge in [0.05, 0.1) is 5.52 Å². The Morgan fingerprint density at radius 1 is 1.44 bits per heavy atom. The molecule has 98 valence electrons. The van der Waals surface area contributed by atoms with Gasteiger partial charge in [-0.3, -0.25) is 0 Å². The van der Waals surface area contributed by atoms with Crippen LogP contribution < -0.4 is 5.73 Å². The fourth-order valence-corrected chi connectivity index (χ4v) is 2.34. The topological polar surface area (TPSA) is 40.2 Å². The van der Waals surface area contributed by atoms with Crippen LogP contribution in [0, 0.1) is 0 Å². The van der Waals surface area contributed by atoms with Gasteiger partial charge < -0.3 is 15.0 Å². The third-order valence-electron chi connectivity index (χ3n) is 3.20. The van der Waals surface area contributed by atoms with Crippen LogP contribution in [0.2, 0.25) is 5.02 Å². The molecule has 0 aliphatic rings. The number of fused-ring (bicyclic) bond motifs is 1. The molecule has 0 saturated carbocycles. The molecule has 1 aromatic carbocycles. The minimum Gasteiger partial charge on any atom is -0.364 e. The Hall–Kier alpha value is -1.03. The molecule has 3 nitrogen and oxygen atoms in total. The third-order valence-corrected chi connectivity index (χ3v) is 3.44. The maximum atomic E-state index is 6.05. The lowest BCUT2D eigenvalue weighted by molar-refractivity contribution is 0.134. The molecule has 0 radical (unpaired) electrons. The molecule has 0 fully saturated rings. The molecule has 4 heteroatoms. The lowest BCUT2D eigenvalue weighted by Crippen LogP contribution is -2.21. The number of aromatic nitrogens is 1. The molecule has 0 spiro atoms. The predicted octanol–water partition coefficient (Wildman–Crippen LogP) is 3.18. The highest BCUT2D eigenvalue weighted by Crippen LogP contribution is 2.26. The molecule has 2 aromatic rings. The van der Waals surface area contributed by atoms with E-state index >= 15 is 0 Å². The number of nitrogens with zero attached hydrogens (tertiary/aromatic N) is 1. The van der Waals surface area contributed by atoms with Crippen LogP contribution in [-0.4, -0.2) is 17.7 Å². The molecule has 0 saturated heterocycles. The van der Waals surface area contributed by atoms with E-state index in [0.717, 1.165) is 23.4 Å². The Balaban J connectivity index is 2.46. The van der Waals surface area contributed by atoms with Gasteiger partial charge in [0.2, 0.25) is 0 Å². The highest BCUT2D eigenvalue weighted by molar-refractivity contribution is 6.31. The fraction of sp³-hybridized carbons (Fsp3) is 0.429. The van der Waals surface area contributed by atoms with Crippen LogP contribution in [0.1, 0.15) is 18.9 Å². The molecule has 0 aliphatic carbocycles. The van der Waals surface area contributed by atoms with Gasteiger partial charge in [0, 0.05) is 29.8 Å². The summed E-state index contributed by atoms with van der Waals surface area (Å²) < 4.78 is 7.28. The van der Waals surface area contributed by atoms with Crippen molar-refractivity contribution in [2.45, 2.75) is 32.5 Å². The molecule has 1 heterocycles. The van der Waals surface area contributed by atoms with Crippen LogP contribution >= 0.6 is 11.6 Å². The largest absolute Gasteiger partial charge is 0.364 e. The first-order chi connectivity index (χ1) is 8.65. The van der Waals surface area contributed by atoms with Gasteiger partial charge in [-0.15, -0.1) is 0 Å². The van der Waals surface area contributed by atoms with Crippen molar-refractivity contribution in [1.29, 1.82) is 0 Å². The summed E-state index contributed by atoms with van der Waals surface area (Å²) in [6.45, 7) is 2.63. The first-order valence-electron chi connectivity index (χ1n) is 6.17. The van der Waals surface area contributed by atoms with Gasteiger partial charge in [0.1, 0.15) is 6.73 Å². The number of hydrogen-bond donors (Lipinski definition) is 1. The average Bonchev–Trinajstić information content (AvgIpc) is 2.67. The van der Waals surface area contributed by atoms with Crippen LogP contribution in [0.5, 0.6) is 0 Å². The van der Waals surface area contributed by atoms with Gasteiger partial charge in [0.25, 0.3) is 0 Å². The highest BCUT2D eigenvalue weighted by atomic mass is 35.5. The van der Waals surface area contributed by atoms with Crippen molar-refractivity contribution >= 4 is 22.5 Å².